The molecule has 8 heteroatoms. The van der Waals surface area contributed by atoms with Crippen molar-refractivity contribution < 1.29 is 18.0 Å². The van der Waals surface area contributed by atoms with Gasteiger partial charge >= 0.3 is 0 Å². The first-order valence-electron chi connectivity index (χ1n) is 10.4. The van der Waals surface area contributed by atoms with Crippen LogP contribution in [0, 0.1) is 0 Å². The fourth-order valence-electron chi connectivity index (χ4n) is 4.25. The number of benzene rings is 2. The van der Waals surface area contributed by atoms with Crippen molar-refractivity contribution in [1.82, 2.24) is 9.62 Å². The van der Waals surface area contributed by atoms with Crippen LogP contribution in [-0.4, -0.2) is 45.3 Å². The Labute approximate surface area is 183 Å². The minimum Gasteiger partial charge on any atom is -0.339 e. The van der Waals surface area contributed by atoms with E-state index in [9.17, 15) is 18.0 Å². The summed E-state index contributed by atoms with van der Waals surface area (Å²) < 4.78 is 28.3. The van der Waals surface area contributed by atoms with E-state index in [-0.39, 0.29) is 23.3 Å². The van der Waals surface area contributed by atoms with Gasteiger partial charge in [0.2, 0.25) is 15.9 Å². The van der Waals surface area contributed by atoms with Crippen molar-refractivity contribution in [3.63, 3.8) is 0 Å². The van der Waals surface area contributed by atoms with E-state index in [2.05, 4.69) is 4.72 Å². The molecular formula is C23H27N3O4S. The Bertz CT molecular complexity index is 1130. The largest absolute Gasteiger partial charge is 0.339 e. The highest BCUT2D eigenvalue weighted by atomic mass is 32.2. The Kier molecular flexibility index (Phi) is 5.39. The second kappa shape index (κ2) is 7.76. The van der Waals surface area contributed by atoms with Gasteiger partial charge in [0.05, 0.1) is 10.3 Å². The summed E-state index contributed by atoms with van der Waals surface area (Å²) in [5, 5.41) is 0. The van der Waals surface area contributed by atoms with Crippen LogP contribution in [0.25, 0.3) is 0 Å². The van der Waals surface area contributed by atoms with E-state index >= 15 is 0 Å². The fourth-order valence-corrected chi connectivity index (χ4v) is 5.29. The van der Waals surface area contributed by atoms with Crippen LogP contribution in [0.15, 0.2) is 47.4 Å². The van der Waals surface area contributed by atoms with E-state index in [0.29, 0.717) is 11.1 Å². The lowest BCUT2D eigenvalue weighted by atomic mass is 9.86. The van der Waals surface area contributed by atoms with Crippen LogP contribution >= 0.6 is 0 Å². The molecule has 31 heavy (non-hydrogen) atoms. The number of carbonyl (C=O) groups is 2. The Balaban J connectivity index is 1.47. The highest BCUT2D eigenvalue weighted by Crippen LogP contribution is 2.41. The van der Waals surface area contributed by atoms with Crippen molar-refractivity contribution in [2.45, 2.75) is 43.5 Å². The predicted molar refractivity (Wildman–Crippen MR) is 118 cm³/mol. The number of likely N-dealkylation sites (tertiary alicyclic amines) is 1. The van der Waals surface area contributed by atoms with Gasteiger partial charge in [-0.3, -0.25) is 9.59 Å². The molecule has 0 spiro atoms. The molecule has 7 nitrogen and oxygen atoms in total. The zero-order chi connectivity index (χ0) is 22.4. The number of fused-ring (bicyclic) bond motifs is 1. The van der Waals surface area contributed by atoms with Crippen LogP contribution in [0.4, 0.5) is 5.69 Å². The van der Waals surface area contributed by atoms with Gasteiger partial charge in [-0.1, -0.05) is 12.1 Å². The molecule has 0 atom stereocenters. The zero-order valence-electron chi connectivity index (χ0n) is 18.0. The average Bonchev–Trinajstić information content (AvgIpc) is 3.35. The van der Waals surface area contributed by atoms with Gasteiger partial charge in [0.1, 0.15) is 0 Å². The summed E-state index contributed by atoms with van der Waals surface area (Å²) in [6.45, 7) is 5.29. The molecule has 0 saturated carbocycles. The molecule has 1 saturated heterocycles. The summed E-state index contributed by atoms with van der Waals surface area (Å²) in [6.07, 6.45) is 2.08. The Morgan fingerprint density at radius 1 is 1.06 bits per heavy atom. The summed E-state index contributed by atoms with van der Waals surface area (Å²) in [5.41, 5.74) is 2.04. The molecular weight excluding hydrogens is 414 g/mol. The van der Waals surface area contributed by atoms with Crippen molar-refractivity contribution >= 4 is 27.5 Å². The van der Waals surface area contributed by atoms with Crippen molar-refractivity contribution in [2.24, 2.45) is 0 Å². The number of nitrogens with one attached hydrogen (secondary N) is 1. The van der Waals surface area contributed by atoms with Crippen LogP contribution in [0.5, 0.6) is 0 Å². The number of rotatable bonds is 5. The lowest BCUT2D eigenvalue weighted by Crippen LogP contribution is -2.33. The number of carbonyl (C=O) groups excluding carboxylic acids is 2. The molecule has 2 aromatic rings. The van der Waals surface area contributed by atoms with Crippen molar-refractivity contribution in [3.8, 4) is 0 Å². The quantitative estimate of drug-likeness (QED) is 0.773. The van der Waals surface area contributed by atoms with Crippen molar-refractivity contribution in [1.29, 1.82) is 0 Å². The van der Waals surface area contributed by atoms with Gasteiger partial charge in [0, 0.05) is 37.9 Å². The van der Waals surface area contributed by atoms with E-state index in [1.54, 1.807) is 62.2 Å². The Morgan fingerprint density at radius 2 is 1.71 bits per heavy atom. The van der Waals surface area contributed by atoms with E-state index in [1.165, 1.54) is 6.07 Å². The number of hydrogen-bond donors (Lipinski definition) is 1. The number of amides is 2. The molecule has 2 amide bonds. The molecule has 0 aliphatic carbocycles. The average molecular weight is 442 g/mol. The number of anilines is 1. The maximum Gasteiger partial charge on any atom is 0.253 e. The van der Waals surface area contributed by atoms with Gasteiger partial charge in [0.15, 0.2) is 0 Å². The van der Waals surface area contributed by atoms with E-state index in [0.717, 1.165) is 37.2 Å². The van der Waals surface area contributed by atoms with Crippen LogP contribution in [-0.2, 0) is 26.8 Å². The maximum atomic E-state index is 12.9. The lowest BCUT2D eigenvalue weighted by molar-refractivity contribution is -0.121. The van der Waals surface area contributed by atoms with Gasteiger partial charge in [-0.15, -0.1) is 0 Å². The standard InChI is InChI=1S/C23H27N3O4S/c1-23(2)19-14-18(10-11-20(19)25(3)22(23)28)31(29,30)24-15-16-6-8-17(9-7-16)21(27)26-12-4-5-13-26/h6-11,14,24H,4-5,12-13,15H2,1-3H3. The fraction of sp³-hybridized carbons (Fsp3) is 0.391. The molecule has 4 rings (SSSR count). The summed E-state index contributed by atoms with van der Waals surface area (Å²) in [7, 11) is -2.06. The van der Waals surface area contributed by atoms with Crippen molar-refractivity contribution in [3.05, 3.63) is 59.2 Å². The normalized spacial score (nSPS) is 17.8. The van der Waals surface area contributed by atoms with Gasteiger partial charge in [-0.05, 0) is 68.1 Å². The predicted octanol–water partition coefficient (Wildman–Crippen LogP) is 2.66. The van der Waals surface area contributed by atoms with Gasteiger partial charge in [0.25, 0.3) is 5.91 Å². The SMILES string of the molecule is CN1C(=O)C(C)(C)c2cc(S(=O)(=O)NCc3ccc(C(=O)N4CCCC4)cc3)ccc21. The number of likely N-dealkylation sites (N-methyl/N-ethyl adjacent to an activating group) is 1. The molecule has 0 bridgehead atoms. The second-order valence-electron chi connectivity index (χ2n) is 8.69. The molecule has 0 aromatic heterocycles. The third-order valence-electron chi connectivity index (χ3n) is 6.21. The minimum absolute atomic E-state index is 0.0184. The number of sulfonamides is 1. The monoisotopic (exact) mass is 441 g/mol. The molecule has 2 aliphatic rings. The minimum atomic E-state index is -3.76. The molecule has 2 aliphatic heterocycles. The van der Waals surface area contributed by atoms with Gasteiger partial charge in [-0.25, -0.2) is 13.1 Å². The summed E-state index contributed by atoms with van der Waals surface area (Å²) in [6, 6.07) is 11.8. The number of hydrogen-bond acceptors (Lipinski definition) is 4. The van der Waals surface area contributed by atoms with Crippen LogP contribution in [0.3, 0.4) is 0 Å². The maximum absolute atomic E-state index is 12.9. The second-order valence-corrected chi connectivity index (χ2v) is 10.5. The summed E-state index contributed by atoms with van der Waals surface area (Å²) in [5.74, 6) is -0.0431. The number of nitrogens with zero attached hydrogens (tertiary/aromatic N) is 2. The highest BCUT2D eigenvalue weighted by Gasteiger charge is 2.42. The van der Waals surface area contributed by atoms with Gasteiger partial charge < -0.3 is 9.80 Å². The lowest BCUT2D eigenvalue weighted by Gasteiger charge is -2.17. The molecule has 1 fully saturated rings. The van der Waals surface area contributed by atoms with Crippen LogP contribution < -0.4 is 9.62 Å². The summed E-state index contributed by atoms with van der Waals surface area (Å²) in [4.78, 5) is 28.4. The molecule has 0 radical (unpaired) electrons. The Hall–Kier alpha value is -2.71. The summed E-state index contributed by atoms with van der Waals surface area (Å²) >= 11 is 0. The molecule has 2 heterocycles. The highest BCUT2D eigenvalue weighted by molar-refractivity contribution is 7.89. The van der Waals surface area contributed by atoms with E-state index in [4.69, 9.17) is 0 Å². The smallest absolute Gasteiger partial charge is 0.253 e. The van der Waals surface area contributed by atoms with E-state index < -0.39 is 15.4 Å². The third kappa shape index (κ3) is 3.85. The molecule has 164 valence electrons. The molecule has 1 N–H and O–H groups in total. The zero-order valence-corrected chi connectivity index (χ0v) is 18.8. The van der Waals surface area contributed by atoms with Crippen LogP contribution in [0.2, 0.25) is 0 Å². The van der Waals surface area contributed by atoms with Gasteiger partial charge in [-0.2, -0.15) is 0 Å². The third-order valence-corrected chi connectivity index (χ3v) is 7.61. The first-order chi connectivity index (χ1) is 14.6. The molecule has 0 unspecified atom stereocenters. The first kappa shape index (κ1) is 21.5. The molecule has 2 aromatic carbocycles. The first-order valence-corrected chi connectivity index (χ1v) is 11.9. The Morgan fingerprint density at radius 3 is 2.35 bits per heavy atom. The van der Waals surface area contributed by atoms with Crippen LogP contribution in [0.1, 0.15) is 48.2 Å². The topological polar surface area (TPSA) is 86.8 Å². The van der Waals surface area contributed by atoms with Crippen molar-refractivity contribution in [2.75, 3.05) is 25.0 Å². The van der Waals surface area contributed by atoms with E-state index in [1.807, 2.05) is 4.90 Å².